The maximum absolute atomic E-state index is 12.3. The van der Waals surface area contributed by atoms with Gasteiger partial charge in [0.15, 0.2) is 0 Å². The van der Waals surface area contributed by atoms with Crippen molar-refractivity contribution in [1.82, 2.24) is 0 Å². The van der Waals surface area contributed by atoms with Crippen molar-refractivity contribution >= 4 is 50.7 Å². The van der Waals surface area contributed by atoms with Crippen LogP contribution in [0.25, 0.3) is 0 Å². The maximum Gasteiger partial charge on any atom is 0.255 e. The molecule has 0 radical (unpaired) electrons. The van der Waals surface area contributed by atoms with Crippen LogP contribution in [0.3, 0.4) is 0 Å². The molecule has 0 saturated heterocycles. The van der Waals surface area contributed by atoms with Gasteiger partial charge in [0.2, 0.25) is 0 Å². The fraction of sp³-hybridized carbons (Fsp3) is 0. The van der Waals surface area contributed by atoms with E-state index in [0.29, 0.717) is 27.5 Å². The summed E-state index contributed by atoms with van der Waals surface area (Å²) in [4.78, 5) is 24.5. The lowest BCUT2D eigenvalue weighted by molar-refractivity contribution is 0.101. The van der Waals surface area contributed by atoms with Gasteiger partial charge in [-0.15, -0.1) is 0 Å². The van der Waals surface area contributed by atoms with Gasteiger partial charge in [-0.2, -0.15) is 0 Å². The van der Waals surface area contributed by atoms with E-state index in [-0.39, 0.29) is 11.8 Å². The van der Waals surface area contributed by atoms with Crippen molar-refractivity contribution in [2.24, 2.45) is 0 Å². The van der Waals surface area contributed by atoms with Crippen molar-refractivity contribution in [2.45, 2.75) is 0 Å². The molecular weight excluding hydrogens is 416 g/mol. The second-order valence-electron chi connectivity index (χ2n) is 5.48. The molecule has 0 spiro atoms. The van der Waals surface area contributed by atoms with Crippen LogP contribution in [-0.4, -0.2) is 11.8 Å². The third-order valence-electron chi connectivity index (χ3n) is 3.60. The Morgan fingerprint density at radius 3 is 2.15 bits per heavy atom. The summed E-state index contributed by atoms with van der Waals surface area (Å²) in [7, 11) is 0. The Bertz CT molecular complexity index is 961. The van der Waals surface area contributed by atoms with Gasteiger partial charge in [-0.25, -0.2) is 0 Å². The first-order valence-electron chi connectivity index (χ1n) is 7.76. The van der Waals surface area contributed by atoms with Crippen LogP contribution < -0.4 is 10.6 Å². The monoisotopic (exact) mass is 428 g/mol. The van der Waals surface area contributed by atoms with Gasteiger partial charge < -0.3 is 10.6 Å². The first-order chi connectivity index (χ1) is 12.5. The summed E-state index contributed by atoms with van der Waals surface area (Å²) in [6, 6.07) is 20.9. The lowest BCUT2D eigenvalue weighted by Gasteiger charge is -2.10. The number of carbonyl (C=O) groups is 2. The van der Waals surface area contributed by atoms with Crippen LogP contribution in [0, 0.1) is 0 Å². The average Bonchev–Trinajstić information content (AvgIpc) is 2.64. The quantitative estimate of drug-likeness (QED) is 0.566. The highest BCUT2D eigenvalue weighted by Gasteiger charge is 2.11. The molecule has 0 aliphatic rings. The zero-order valence-electron chi connectivity index (χ0n) is 13.5. The molecule has 0 fully saturated rings. The van der Waals surface area contributed by atoms with Gasteiger partial charge >= 0.3 is 0 Å². The lowest BCUT2D eigenvalue weighted by atomic mass is 10.2. The molecule has 0 aromatic heterocycles. The lowest BCUT2D eigenvalue weighted by Crippen LogP contribution is -2.13. The van der Waals surface area contributed by atoms with Crippen molar-refractivity contribution in [1.29, 1.82) is 0 Å². The second-order valence-corrected chi connectivity index (χ2v) is 6.80. The molecule has 0 aliphatic carbocycles. The molecule has 2 N–H and O–H groups in total. The summed E-state index contributed by atoms with van der Waals surface area (Å²) in [6.07, 6.45) is 0. The number of halogens is 2. The van der Waals surface area contributed by atoms with Gasteiger partial charge in [0.05, 0.1) is 10.7 Å². The molecule has 2 amide bonds. The molecule has 0 bridgehead atoms. The Balaban J connectivity index is 1.71. The van der Waals surface area contributed by atoms with Crippen molar-refractivity contribution in [3.8, 4) is 0 Å². The van der Waals surface area contributed by atoms with E-state index in [1.165, 1.54) is 0 Å². The molecule has 3 rings (SSSR count). The molecule has 3 aromatic rings. The highest BCUT2D eigenvalue weighted by Crippen LogP contribution is 2.26. The molecule has 0 heterocycles. The normalized spacial score (nSPS) is 10.2. The van der Waals surface area contributed by atoms with E-state index < -0.39 is 0 Å². The summed E-state index contributed by atoms with van der Waals surface area (Å²) in [5, 5.41) is 5.87. The first kappa shape index (κ1) is 18.2. The molecule has 0 unspecified atom stereocenters. The molecule has 0 aliphatic heterocycles. The number of rotatable bonds is 4. The van der Waals surface area contributed by atoms with Crippen molar-refractivity contribution in [3.05, 3.63) is 93.4 Å². The number of hydrogen-bond donors (Lipinski definition) is 2. The Kier molecular flexibility index (Phi) is 5.71. The topological polar surface area (TPSA) is 58.2 Å². The summed E-state index contributed by atoms with van der Waals surface area (Å²) >= 11 is 9.58. The van der Waals surface area contributed by atoms with Gasteiger partial charge in [-0.1, -0.05) is 51.8 Å². The van der Waals surface area contributed by atoms with Crippen LogP contribution in [0.2, 0.25) is 5.02 Å². The minimum Gasteiger partial charge on any atom is -0.322 e. The van der Waals surface area contributed by atoms with Gasteiger partial charge in [-0.3, -0.25) is 9.59 Å². The van der Waals surface area contributed by atoms with E-state index in [1.54, 1.807) is 60.7 Å². The van der Waals surface area contributed by atoms with E-state index in [0.717, 1.165) is 4.47 Å². The zero-order chi connectivity index (χ0) is 18.5. The van der Waals surface area contributed by atoms with Gasteiger partial charge in [0.25, 0.3) is 11.8 Å². The third kappa shape index (κ3) is 4.50. The van der Waals surface area contributed by atoms with E-state index in [4.69, 9.17) is 11.6 Å². The number of nitrogens with one attached hydrogen (secondary N) is 2. The van der Waals surface area contributed by atoms with Gasteiger partial charge in [0, 0.05) is 21.3 Å². The summed E-state index contributed by atoms with van der Waals surface area (Å²) in [5.41, 5.74) is 2.08. The molecule has 0 saturated carbocycles. The van der Waals surface area contributed by atoms with E-state index in [2.05, 4.69) is 26.6 Å². The van der Waals surface area contributed by atoms with E-state index >= 15 is 0 Å². The highest BCUT2D eigenvalue weighted by molar-refractivity contribution is 9.10. The van der Waals surface area contributed by atoms with E-state index in [1.807, 2.05) is 12.1 Å². The fourth-order valence-electron chi connectivity index (χ4n) is 2.31. The fourth-order valence-corrected chi connectivity index (χ4v) is 2.94. The van der Waals surface area contributed by atoms with Crippen molar-refractivity contribution < 1.29 is 9.59 Å². The van der Waals surface area contributed by atoms with Gasteiger partial charge in [-0.05, 0) is 48.5 Å². The Hall–Kier alpha value is -2.63. The SMILES string of the molecule is O=C(Nc1ccc(NC(=O)c2ccccc2)c(Cl)c1)c1cccc(Br)c1. The molecule has 4 nitrogen and oxygen atoms in total. The maximum atomic E-state index is 12.3. The van der Waals surface area contributed by atoms with Crippen LogP contribution in [0.4, 0.5) is 11.4 Å². The van der Waals surface area contributed by atoms with Crippen LogP contribution in [0.5, 0.6) is 0 Å². The number of amides is 2. The minimum absolute atomic E-state index is 0.247. The van der Waals surface area contributed by atoms with Crippen LogP contribution in [0.1, 0.15) is 20.7 Å². The summed E-state index contributed by atoms with van der Waals surface area (Å²) in [6.45, 7) is 0. The minimum atomic E-state index is -0.251. The molecule has 26 heavy (non-hydrogen) atoms. The predicted molar refractivity (Wildman–Crippen MR) is 108 cm³/mol. The summed E-state index contributed by atoms with van der Waals surface area (Å²) < 4.78 is 0.821. The second kappa shape index (κ2) is 8.17. The third-order valence-corrected chi connectivity index (χ3v) is 4.40. The van der Waals surface area contributed by atoms with Crippen molar-refractivity contribution in [3.63, 3.8) is 0 Å². The molecule has 0 atom stereocenters. The average molecular weight is 430 g/mol. The molecule has 6 heteroatoms. The Morgan fingerprint density at radius 1 is 0.769 bits per heavy atom. The van der Waals surface area contributed by atoms with Crippen molar-refractivity contribution in [2.75, 3.05) is 10.6 Å². The zero-order valence-corrected chi connectivity index (χ0v) is 15.8. The molecule has 130 valence electrons. The number of hydrogen-bond acceptors (Lipinski definition) is 2. The van der Waals surface area contributed by atoms with Crippen LogP contribution >= 0.6 is 27.5 Å². The summed E-state index contributed by atoms with van der Waals surface area (Å²) in [5.74, 6) is -0.498. The molecular formula is C20H14BrClN2O2. The number of benzene rings is 3. The predicted octanol–water partition coefficient (Wildman–Crippen LogP) is 5.61. The largest absolute Gasteiger partial charge is 0.322 e. The number of anilines is 2. The molecule has 3 aromatic carbocycles. The highest BCUT2D eigenvalue weighted by atomic mass is 79.9. The van der Waals surface area contributed by atoms with Gasteiger partial charge in [0.1, 0.15) is 0 Å². The number of carbonyl (C=O) groups excluding carboxylic acids is 2. The Morgan fingerprint density at radius 2 is 1.46 bits per heavy atom. The standard InChI is InChI=1S/C20H14BrClN2O2/c21-15-8-4-7-14(11-15)20(26)23-16-9-10-18(17(22)12-16)24-19(25)13-5-2-1-3-6-13/h1-12H,(H,23,26)(H,24,25). The van der Waals surface area contributed by atoms with Crippen LogP contribution in [-0.2, 0) is 0 Å². The first-order valence-corrected chi connectivity index (χ1v) is 8.93. The van der Waals surface area contributed by atoms with E-state index in [9.17, 15) is 9.59 Å². The van der Waals surface area contributed by atoms with Crippen LogP contribution in [0.15, 0.2) is 77.3 Å². The smallest absolute Gasteiger partial charge is 0.255 e. The Labute approximate surface area is 164 Å².